The molecule has 3 atom stereocenters. The second kappa shape index (κ2) is 8.47. The van der Waals surface area contributed by atoms with Crippen LogP contribution in [0.3, 0.4) is 0 Å². The number of amides is 1. The van der Waals surface area contributed by atoms with Gasteiger partial charge >= 0.3 is 0 Å². The lowest BCUT2D eigenvalue weighted by Crippen LogP contribution is -2.50. The molecule has 1 aromatic carbocycles. The van der Waals surface area contributed by atoms with Gasteiger partial charge in [-0.1, -0.05) is 12.1 Å². The zero-order valence-corrected chi connectivity index (χ0v) is 17.0. The van der Waals surface area contributed by atoms with Crippen LogP contribution in [0.25, 0.3) is 0 Å². The van der Waals surface area contributed by atoms with Gasteiger partial charge in [0.1, 0.15) is 5.82 Å². The van der Waals surface area contributed by atoms with E-state index in [1.165, 1.54) is 6.07 Å². The van der Waals surface area contributed by atoms with E-state index in [4.69, 9.17) is 4.74 Å². The smallest absolute Gasteiger partial charge is 0.244 e. The Morgan fingerprint density at radius 3 is 2.39 bits per heavy atom. The molecular formula is C22H32FN3O2. The van der Waals surface area contributed by atoms with Crippen molar-refractivity contribution in [1.29, 1.82) is 0 Å². The third-order valence-corrected chi connectivity index (χ3v) is 6.42. The third-order valence-electron chi connectivity index (χ3n) is 6.42. The topological polar surface area (TPSA) is 36.0 Å². The summed E-state index contributed by atoms with van der Waals surface area (Å²) in [5.74, 6) is 0.427. The molecule has 1 aromatic rings. The Kier molecular flexibility index (Phi) is 5.99. The molecule has 28 heavy (non-hydrogen) atoms. The maximum Gasteiger partial charge on any atom is 0.244 e. The summed E-state index contributed by atoms with van der Waals surface area (Å²) in [5, 5.41) is 0. The van der Waals surface area contributed by atoms with E-state index >= 15 is 0 Å². The Morgan fingerprint density at radius 2 is 1.71 bits per heavy atom. The Labute approximate surface area is 167 Å². The fourth-order valence-corrected chi connectivity index (χ4v) is 5.16. The number of para-hydroxylation sites is 1. The Hall–Kier alpha value is -1.50. The number of carbonyl (C=O) groups excluding carboxylic acids is 1. The summed E-state index contributed by atoms with van der Waals surface area (Å²) in [7, 11) is 0. The number of hydrogen-bond donors (Lipinski definition) is 0. The molecule has 0 saturated carbocycles. The molecule has 0 radical (unpaired) electrons. The van der Waals surface area contributed by atoms with Crippen molar-refractivity contribution in [3.8, 4) is 0 Å². The average molecular weight is 390 g/mol. The van der Waals surface area contributed by atoms with Crippen molar-refractivity contribution in [2.24, 2.45) is 5.92 Å². The van der Waals surface area contributed by atoms with Crippen LogP contribution in [0.1, 0.15) is 33.1 Å². The maximum atomic E-state index is 14.1. The van der Waals surface area contributed by atoms with Crippen molar-refractivity contribution in [3.63, 3.8) is 0 Å². The molecule has 3 unspecified atom stereocenters. The first-order chi connectivity index (χ1) is 13.5. The van der Waals surface area contributed by atoms with E-state index in [-0.39, 0.29) is 17.8 Å². The van der Waals surface area contributed by atoms with Crippen LogP contribution in [-0.2, 0) is 9.53 Å². The van der Waals surface area contributed by atoms with Gasteiger partial charge in [0.2, 0.25) is 5.91 Å². The van der Waals surface area contributed by atoms with Crippen molar-refractivity contribution in [3.05, 3.63) is 30.1 Å². The molecule has 0 aliphatic carbocycles. The molecule has 4 rings (SSSR count). The minimum atomic E-state index is -0.316. The monoisotopic (exact) mass is 389 g/mol. The number of likely N-dealkylation sites (tertiary alicyclic amines) is 1. The van der Waals surface area contributed by atoms with Gasteiger partial charge in [0, 0.05) is 26.2 Å². The number of halogens is 1. The Morgan fingerprint density at radius 1 is 1.04 bits per heavy atom. The predicted octanol–water partition coefficient (Wildman–Crippen LogP) is 2.75. The molecule has 0 N–H and O–H groups in total. The number of anilines is 1. The van der Waals surface area contributed by atoms with Gasteiger partial charge in [-0.25, -0.2) is 4.39 Å². The normalized spacial score (nSPS) is 30.9. The molecule has 3 saturated heterocycles. The van der Waals surface area contributed by atoms with Gasteiger partial charge < -0.3 is 9.64 Å². The highest BCUT2D eigenvalue weighted by atomic mass is 19.1. The number of morpholine rings is 1. The van der Waals surface area contributed by atoms with Crippen LogP contribution in [0.15, 0.2) is 24.3 Å². The fourth-order valence-electron chi connectivity index (χ4n) is 5.16. The van der Waals surface area contributed by atoms with Crippen molar-refractivity contribution in [2.75, 3.05) is 44.2 Å². The van der Waals surface area contributed by atoms with Gasteiger partial charge in [-0.2, -0.15) is 0 Å². The first-order valence-corrected chi connectivity index (χ1v) is 10.7. The van der Waals surface area contributed by atoms with E-state index < -0.39 is 0 Å². The molecule has 3 fully saturated rings. The van der Waals surface area contributed by atoms with E-state index in [0.29, 0.717) is 30.4 Å². The number of nitrogens with zero attached hydrogens (tertiary/aromatic N) is 3. The number of rotatable bonds is 4. The van der Waals surface area contributed by atoms with Gasteiger partial charge in [-0.15, -0.1) is 0 Å². The van der Waals surface area contributed by atoms with E-state index in [2.05, 4.69) is 23.6 Å². The lowest BCUT2D eigenvalue weighted by molar-refractivity contribution is -0.122. The van der Waals surface area contributed by atoms with Gasteiger partial charge in [0.05, 0.1) is 23.9 Å². The van der Waals surface area contributed by atoms with Crippen LogP contribution in [0, 0.1) is 11.7 Å². The summed E-state index contributed by atoms with van der Waals surface area (Å²) in [6.45, 7) is 9.99. The van der Waals surface area contributed by atoms with E-state index in [0.717, 1.165) is 52.0 Å². The van der Waals surface area contributed by atoms with Gasteiger partial charge in [-0.3, -0.25) is 14.6 Å². The highest BCUT2D eigenvalue weighted by Gasteiger charge is 2.39. The highest BCUT2D eigenvalue weighted by molar-refractivity contribution is 5.99. The second-order valence-electron chi connectivity index (χ2n) is 8.70. The zero-order valence-electron chi connectivity index (χ0n) is 17.0. The molecule has 0 bridgehead atoms. The Bertz CT molecular complexity index is 682. The molecule has 5 nitrogen and oxygen atoms in total. The number of ether oxygens (including phenoxy) is 1. The van der Waals surface area contributed by atoms with Gasteiger partial charge in [0.25, 0.3) is 0 Å². The van der Waals surface area contributed by atoms with Crippen LogP contribution in [0.5, 0.6) is 0 Å². The number of carbonyl (C=O) groups is 1. The largest absolute Gasteiger partial charge is 0.373 e. The average Bonchev–Trinajstić information content (AvgIpc) is 3.03. The number of hydrogen-bond acceptors (Lipinski definition) is 4. The molecule has 3 aliphatic heterocycles. The minimum Gasteiger partial charge on any atom is -0.373 e. The summed E-state index contributed by atoms with van der Waals surface area (Å²) < 4.78 is 19.9. The standard InChI is InChI=1S/C22H32FN3O2/c1-16-13-24(14-17(2)28-16)15-18-7-10-25(11-8-18)21-9-12-26(22(21)27)20-6-4-3-5-19(20)23/h3-6,16-18,21H,7-15H2,1-2H3. The lowest BCUT2D eigenvalue weighted by Gasteiger charge is -2.40. The van der Waals surface area contributed by atoms with Gasteiger partial charge in [-0.05, 0) is 64.3 Å². The van der Waals surface area contributed by atoms with E-state index in [1.54, 1.807) is 23.1 Å². The van der Waals surface area contributed by atoms with Crippen LogP contribution < -0.4 is 4.90 Å². The van der Waals surface area contributed by atoms with Crippen LogP contribution >= 0.6 is 0 Å². The summed E-state index contributed by atoms with van der Waals surface area (Å²) >= 11 is 0. The first-order valence-electron chi connectivity index (χ1n) is 10.7. The van der Waals surface area contributed by atoms with Crippen molar-refractivity contribution < 1.29 is 13.9 Å². The summed E-state index contributed by atoms with van der Waals surface area (Å²) in [6.07, 6.45) is 3.66. The summed E-state index contributed by atoms with van der Waals surface area (Å²) in [6, 6.07) is 6.49. The molecule has 154 valence electrons. The number of benzene rings is 1. The maximum absolute atomic E-state index is 14.1. The minimum absolute atomic E-state index is 0.0550. The molecule has 6 heteroatoms. The summed E-state index contributed by atoms with van der Waals surface area (Å²) in [4.78, 5) is 19.4. The Balaban J connectivity index is 1.29. The second-order valence-corrected chi connectivity index (χ2v) is 8.70. The van der Waals surface area contributed by atoms with Gasteiger partial charge in [0.15, 0.2) is 0 Å². The highest BCUT2D eigenvalue weighted by Crippen LogP contribution is 2.29. The first kappa shape index (κ1) is 19.8. The van der Waals surface area contributed by atoms with Crippen molar-refractivity contribution in [1.82, 2.24) is 9.80 Å². The SMILES string of the molecule is CC1CN(CC2CCN(C3CCN(c4ccccc4F)C3=O)CC2)CC(C)O1. The van der Waals surface area contributed by atoms with Crippen molar-refractivity contribution >= 4 is 11.6 Å². The molecule has 3 heterocycles. The van der Waals surface area contributed by atoms with Crippen LogP contribution in [-0.4, -0.2) is 73.2 Å². The number of piperidine rings is 1. The molecule has 0 aromatic heterocycles. The van der Waals surface area contributed by atoms with Crippen molar-refractivity contribution in [2.45, 2.75) is 51.4 Å². The summed E-state index contributed by atoms with van der Waals surface area (Å²) in [5.41, 5.74) is 0.417. The zero-order chi connectivity index (χ0) is 19.7. The predicted molar refractivity (Wildman–Crippen MR) is 108 cm³/mol. The fraction of sp³-hybridized carbons (Fsp3) is 0.682. The van der Waals surface area contributed by atoms with Crippen LogP contribution in [0.2, 0.25) is 0 Å². The molecular weight excluding hydrogens is 357 g/mol. The quantitative estimate of drug-likeness (QED) is 0.793. The van der Waals surface area contributed by atoms with E-state index in [9.17, 15) is 9.18 Å². The van der Waals surface area contributed by atoms with E-state index in [1.807, 2.05) is 0 Å². The molecule has 1 amide bonds. The molecule has 3 aliphatic rings. The van der Waals surface area contributed by atoms with Crippen LogP contribution in [0.4, 0.5) is 10.1 Å². The third kappa shape index (κ3) is 4.24. The lowest BCUT2D eigenvalue weighted by atomic mass is 9.94. The molecule has 0 spiro atoms.